The highest BCUT2D eigenvalue weighted by atomic mass is 16.5. The number of carbonyl (C=O) groups excluding carboxylic acids is 1. The number of fused-ring (bicyclic) bond motifs is 2. The lowest BCUT2D eigenvalue weighted by molar-refractivity contribution is -0.248. The highest BCUT2D eigenvalue weighted by molar-refractivity contribution is 5.65. The molecule has 4 rings (SSSR count). The summed E-state index contributed by atoms with van der Waals surface area (Å²) in [5.74, 6) is -0.158. The van der Waals surface area contributed by atoms with Gasteiger partial charge in [0.2, 0.25) is 0 Å². The zero-order valence-electron chi connectivity index (χ0n) is 17.4. The van der Waals surface area contributed by atoms with Crippen molar-refractivity contribution in [3.8, 4) is 0 Å². The van der Waals surface area contributed by atoms with Gasteiger partial charge in [0.1, 0.15) is 12.2 Å². The number of carbonyl (C=O) groups is 1. The molecule has 0 aromatic heterocycles. The fourth-order valence-corrected chi connectivity index (χ4v) is 8.25. The fourth-order valence-electron chi connectivity index (χ4n) is 8.25. The van der Waals surface area contributed by atoms with E-state index in [0.717, 1.165) is 25.7 Å². The third kappa shape index (κ3) is 2.50. The largest absolute Gasteiger partial charge is 0.463 e. The van der Waals surface area contributed by atoms with Gasteiger partial charge in [0.25, 0.3) is 0 Å². The van der Waals surface area contributed by atoms with Crippen molar-refractivity contribution in [2.75, 3.05) is 13.2 Å². The molecule has 4 aliphatic carbocycles. The lowest BCUT2D eigenvalue weighted by Crippen LogP contribution is -2.67. The van der Waals surface area contributed by atoms with E-state index in [0.29, 0.717) is 25.2 Å². The Hall–Kier alpha value is -0.690. The van der Waals surface area contributed by atoms with Crippen LogP contribution in [0.15, 0.2) is 0 Å². The normalized spacial score (nSPS) is 55.3. The number of esters is 1. The van der Waals surface area contributed by atoms with Crippen molar-refractivity contribution in [3.63, 3.8) is 0 Å². The maximum atomic E-state index is 11.3. The molecular formula is C22H36O6. The first-order valence-corrected chi connectivity index (χ1v) is 10.9. The van der Waals surface area contributed by atoms with E-state index in [-0.39, 0.29) is 41.8 Å². The van der Waals surface area contributed by atoms with Gasteiger partial charge in [-0.2, -0.15) is 0 Å². The minimum absolute atomic E-state index is 0.000582. The SMILES string of the molecule is CC(=O)OCC1(O)CCC23CC1CC2CC(O)C1C(C)(CO)C(O)CCC13C. The third-order valence-electron chi connectivity index (χ3n) is 9.73. The van der Waals surface area contributed by atoms with Gasteiger partial charge < -0.3 is 25.2 Å². The summed E-state index contributed by atoms with van der Waals surface area (Å²) in [6.45, 7) is 5.46. The molecule has 9 atom stereocenters. The Bertz CT molecular complexity index is 653. The minimum atomic E-state index is -0.987. The fraction of sp³-hybridized carbons (Fsp3) is 0.955. The number of hydrogen-bond donors (Lipinski definition) is 4. The molecule has 28 heavy (non-hydrogen) atoms. The van der Waals surface area contributed by atoms with Crippen molar-refractivity contribution in [2.24, 2.45) is 34.0 Å². The van der Waals surface area contributed by atoms with Gasteiger partial charge >= 0.3 is 5.97 Å². The van der Waals surface area contributed by atoms with Crippen molar-refractivity contribution >= 4 is 5.97 Å². The van der Waals surface area contributed by atoms with Crippen LogP contribution in [0, 0.1) is 34.0 Å². The lowest BCUT2D eigenvalue weighted by Gasteiger charge is -2.67. The van der Waals surface area contributed by atoms with Gasteiger partial charge in [-0.1, -0.05) is 13.8 Å². The summed E-state index contributed by atoms with van der Waals surface area (Å²) in [6.07, 6.45) is 4.09. The number of ether oxygens (including phenoxy) is 1. The summed E-state index contributed by atoms with van der Waals surface area (Å²) in [5.41, 5.74) is -1.89. The summed E-state index contributed by atoms with van der Waals surface area (Å²) < 4.78 is 5.20. The van der Waals surface area contributed by atoms with Crippen LogP contribution in [0.4, 0.5) is 0 Å². The molecule has 0 amide bonds. The molecule has 2 bridgehead atoms. The number of aliphatic hydroxyl groups is 4. The number of hydrogen-bond acceptors (Lipinski definition) is 6. The summed E-state index contributed by atoms with van der Waals surface area (Å²) in [7, 11) is 0. The molecule has 6 heteroatoms. The van der Waals surface area contributed by atoms with Crippen LogP contribution < -0.4 is 0 Å². The van der Waals surface area contributed by atoms with Gasteiger partial charge in [-0.05, 0) is 67.6 Å². The molecule has 4 fully saturated rings. The monoisotopic (exact) mass is 396 g/mol. The predicted octanol–water partition coefficient (Wildman–Crippen LogP) is 1.63. The Morgan fingerprint density at radius 2 is 1.82 bits per heavy atom. The van der Waals surface area contributed by atoms with Crippen LogP contribution in [0.1, 0.15) is 65.7 Å². The van der Waals surface area contributed by atoms with Crippen LogP contribution in [0.2, 0.25) is 0 Å². The summed E-state index contributed by atoms with van der Waals surface area (Å²) in [6, 6.07) is 0. The zero-order chi connectivity index (χ0) is 20.5. The molecule has 4 saturated carbocycles. The Labute approximate surface area is 167 Å². The number of aliphatic hydroxyl groups excluding tert-OH is 3. The van der Waals surface area contributed by atoms with E-state index < -0.39 is 23.2 Å². The first-order chi connectivity index (χ1) is 13.0. The molecule has 9 unspecified atom stereocenters. The molecule has 0 aliphatic heterocycles. The molecule has 0 aromatic rings. The molecule has 6 nitrogen and oxygen atoms in total. The molecular weight excluding hydrogens is 360 g/mol. The molecule has 160 valence electrons. The predicted molar refractivity (Wildman–Crippen MR) is 102 cm³/mol. The molecule has 1 spiro atoms. The summed E-state index contributed by atoms with van der Waals surface area (Å²) in [4.78, 5) is 11.3. The van der Waals surface area contributed by atoms with Crippen molar-refractivity contribution < 1.29 is 30.0 Å². The Morgan fingerprint density at radius 1 is 1.11 bits per heavy atom. The van der Waals surface area contributed by atoms with Crippen LogP contribution in [0.25, 0.3) is 0 Å². The maximum absolute atomic E-state index is 11.3. The standard InChI is InChI=1S/C22H36O6/c1-13(24)28-12-22(27)7-6-21-10-15(22)8-14(21)9-16(25)18-19(2,11-23)17(26)4-5-20(18,21)3/h14-18,23,25-27H,4-12H2,1-3H3. The number of rotatable bonds is 3. The Morgan fingerprint density at radius 3 is 2.46 bits per heavy atom. The average molecular weight is 397 g/mol. The topological polar surface area (TPSA) is 107 Å². The third-order valence-corrected chi connectivity index (χ3v) is 9.73. The van der Waals surface area contributed by atoms with Crippen LogP contribution in [-0.2, 0) is 9.53 Å². The average Bonchev–Trinajstić information content (AvgIpc) is 2.97. The van der Waals surface area contributed by atoms with Crippen molar-refractivity contribution in [1.29, 1.82) is 0 Å². The van der Waals surface area contributed by atoms with Gasteiger partial charge in [0.15, 0.2) is 0 Å². The van der Waals surface area contributed by atoms with Crippen molar-refractivity contribution in [2.45, 2.75) is 83.5 Å². The highest BCUT2D eigenvalue weighted by Gasteiger charge is 2.72. The van der Waals surface area contributed by atoms with Gasteiger partial charge in [-0.15, -0.1) is 0 Å². The molecule has 0 radical (unpaired) electrons. The second kappa shape index (κ2) is 6.40. The first-order valence-electron chi connectivity index (χ1n) is 10.9. The highest BCUT2D eigenvalue weighted by Crippen LogP contribution is 2.75. The van der Waals surface area contributed by atoms with E-state index in [1.54, 1.807) is 0 Å². The van der Waals surface area contributed by atoms with E-state index >= 15 is 0 Å². The lowest BCUT2D eigenvalue weighted by atomic mass is 9.38. The van der Waals surface area contributed by atoms with Gasteiger partial charge in [-0.3, -0.25) is 4.79 Å². The van der Waals surface area contributed by atoms with E-state index in [1.165, 1.54) is 6.92 Å². The molecule has 4 N–H and O–H groups in total. The van der Waals surface area contributed by atoms with Gasteiger partial charge in [0, 0.05) is 18.3 Å². The second-order valence-corrected chi connectivity index (χ2v) is 10.8. The molecule has 4 aliphatic rings. The van der Waals surface area contributed by atoms with Gasteiger partial charge in [-0.25, -0.2) is 0 Å². The van der Waals surface area contributed by atoms with Crippen LogP contribution in [0.3, 0.4) is 0 Å². The van der Waals surface area contributed by atoms with Crippen molar-refractivity contribution in [1.82, 2.24) is 0 Å². The Kier molecular flexibility index (Phi) is 4.70. The van der Waals surface area contributed by atoms with E-state index in [4.69, 9.17) is 4.74 Å². The first kappa shape index (κ1) is 20.6. The van der Waals surface area contributed by atoms with Crippen LogP contribution in [0.5, 0.6) is 0 Å². The summed E-state index contributed by atoms with van der Waals surface area (Å²) >= 11 is 0. The van der Waals surface area contributed by atoms with Gasteiger partial charge in [0.05, 0.1) is 18.8 Å². The van der Waals surface area contributed by atoms with Crippen LogP contribution >= 0.6 is 0 Å². The molecule has 0 aromatic carbocycles. The van der Waals surface area contributed by atoms with Crippen LogP contribution in [-0.4, -0.2) is 57.4 Å². The maximum Gasteiger partial charge on any atom is 0.302 e. The zero-order valence-corrected chi connectivity index (χ0v) is 17.4. The quantitative estimate of drug-likeness (QED) is 0.540. The van der Waals surface area contributed by atoms with Crippen molar-refractivity contribution in [3.05, 3.63) is 0 Å². The van der Waals surface area contributed by atoms with E-state index in [1.807, 2.05) is 6.92 Å². The molecule has 0 heterocycles. The second-order valence-electron chi connectivity index (χ2n) is 10.8. The summed E-state index contributed by atoms with van der Waals surface area (Å²) in [5, 5.41) is 43.3. The molecule has 0 saturated heterocycles. The minimum Gasteiger partial charge on any atom is -0.463 e. The van der Waals surface area contributed by atoms with E-state index in [9.17, 15) is 25.2 Å². The Balaban J connectivity index is 1.69. The van der Waals surface area contributed by atoms with E-state index in [2.05, 4.69) is 6.92 Å². The smallest absolute Gasteiger partial charge is 0.302 e.